The zero-order valence-electron chi connectivity index (χ0n) is 17.5. The summed E-state index contributed by atoms with van der Waals surface area (Å²) in [5.74, 6) is -0.767. The lowest BCUT2D eigenvalue weighted by molar-refractivity contribution is -0.137. The van der Waals surface area contributed by atoms with Crippen LogP contribution in [0.4, 0.5) is 24.7 Å². The number of carbonyl (C=O) groups is 2. The van der Waals surface area contributed by atoms with E-state index >= 15 is 0 Å². The lowest BCUT2D eigenvalue weighted by Crippen LogP contribution is -2.24. The number of halogens is 5. The van der Waals surface area contributed by atoms with Gasteiger partial charge in [0.1, 0.15) is 11.9 Å². The van der Waals surface area contributed by atoms with Gasteiger partial charge >= 0.3 is 6.18 Å². The van der Waals surface area contributed by atoms with Gasteiger partial charge in [0, 0.05) is 23.4 Å². The number of rotatable bonds is 6. The lowest BCUT2D eigenvalue weighted by Gasteiger charge is -2.13. The van der Waals surface area contributed by atoms with Crippen molar-refractivity contribution in [2.45, 2.75) is 25.2 Å². The number of methoxy groups -OCH3 is 1. The van der Waals surface area contributed by atoms with Gasteiger partial charge in [-0.25, -0.2) is 4.68 Å². The van der Waals surface area contributed by atoms with E-state index in [1.165, 1.54) is 17.9 Å². The number of nitrogens with one attached hydrogen (secondary N) is 2. The van der Waals surface area contributed by atoms with Crippen LogP contribution in [0, 0.1) is 0 Å². The molecular weight excluding hydrogens is 496 g/mol. The van der Waals surface area contributed by atoms with Crippen LogP contribution in [0.1, 0.15) is 23.7 Å². The molecule has 2 N–H and O–H groups in total. The number of hydrogen-bond acceptors (Lipinski definition) is 4. The molecule has 0 bridgehead atoms. The molecule has 0 aliphatic carbocycles. The first-order valence-electron chi connectivity index (χ1n) is 9.92. The molecule has 1 aliphatic heterocycles. The third-order valence-corrected chi connectivity index (χ3v) is 5.72. The standard InChI is InChI=1S/C22H17Cl2F3N4O3/c1-34-10-16-19(11-3-2-4-12(23)7-11)20-29-21(33)17(31(20)30-16)9-18(32)28-13-5-6-15(24)14(8-13)22(25,26)27/h2-8,17H,9-10H2,1H3,(H,28,32)(H,29,33). The molecule has 0 saturated carbocycles. The Bertz CT molecular complexity index is 1280. The molecule has 34 heavy (non-hydrogen) atoms. The SMILES string of the molecule is COCc1nn2c(c1-c1cccc(Cl)c1)NC(=O)C2CC(=O)Nc1ccc(Cl)c(C(F)(F)F)c1. The van der Waals surface area contributed by atoms with Crippen molar-refractivity contribution in [3.8, 4) is 11.1 Å². The first kappa shape index (κ1) is 24.1. The fraction of sp³-hybridized carbons (Fsp3) is 0.227. The fourth-order valence-corrected chi connectivity index (χ4v) is 4.12. The third-order valence-electron chi connectivity index (χ3n) is 5.15. The molecule has 4 rings (SSSR count). The minimum absolute atomic E-state index is 0.0968. The van der Waals surface area contributed by atoms with Crippen molar-refractivity contribution < 1.29 is 27.5 Å². The summed E-state index contributed by atoms with van der Waals surface area (Å²) in [6.45, 7) is 0.141. The highest BCUT2D eigenvalue weighted by atomic mass is 35.5. The van der Waals surface area contributed by atoms with Crippen LogP contribution in [-0.2, 0) is 27.1 Å². The average molecular weight is 513 g/mol. The summed E-state index contributed by atoms with van der Waals surface area (Å²) in [7, 11) is 1.50. The Morgan fingerprint density at radius 1 is 1.24 bits per heavy atom. The zero-order valence-corrected chi connectivity index (χ0v) is 19.1. The summed E-state index contributed by atoms with van der Waals surface area (Å²) in [6, 6.07) is 8.99. The maximum Gasteiger partial charge on any atom is 0.417 e. The summed E-state index contributed by atoms with van der Waals surface area (Å²) < 4.78 is 45.9. The van der Waals surface area contributed by atoms with Gasteiger partial charge < -0.3 is 15.4 Å². The predicted octanol–water partition coefficient (Wildman–Crippen LogP) is 5.54. The molecule has 2 amide bonds. The van der Waals surface area contributed by atoms with Crippen LogP contribution in [0.25, 0.3) is 11.1 Å². The number of amides is 2. The molecule has 0 saturated heterocycles. The number of fused-ring (bicyclic) bond motifs is 1. The molecule has 1 aliphatic rings. The van der Waals surface area contributed by atoms with Crippen molar-refractivity contribution in [3.63, 3.8) is 0 Å². The lowest BCUT2D eigenvalue weighted by atomic mass is 10.1. The number of aromatic nitrogens is 2. The van der Waals surface area contributed by atoms with E-state index in [1.54, 1.807) is 24.3 Å². The number of hydrogen-bond donors (Lipinski definition) is 2. The number of anilines is 2. The van der Waals surface area contributed by atoms with Gasteiger partial charge in [-0.3, -0.25) is 9.59 Å². The van der Waals surface area contributed by atoms with E-state index in [2.05, 4.69) is 15.7 Å². The summed E-state index contributed by atoms with van der Waals surface area (Å²) in [5.41, 5.74) is 0.661. The first-order chi connectivity index (χ1) is 16.1. The van der Waals surface area contributed by atoms with Crippen molar-refractivity contribution in [2.75, 3.05) is 17.7 Å². The summed E-state index contributed by atoms with van der Waals surface area (Å²) in [6.07, 6.45) is -5.03. The van der Waals surface area contributed by atoms with Crippen LogP contribution in [0.5, 0.6) is 0 Å². The Balaban J connectivity index is 1.60. The second-order valence-electron chi connectivity index (χ2n) is 7.51. The van der Waals surface area contributed by atoms with Crippen molar-refractivity contribution in [1.29, 1.82) is 0 Å². The first-order valence-corrected chi connectivity index (χ1v) is 10.7. The van der Waals surface area contributed by atoms with Gasteiger partial charge in [-0.2, -0.15) is 18.3 Å². The number of carbonyl (C=O) groups excluding carboxylic acids is 2. The quantitative estimate of drug-likeness (QED) is 0.453. The Morgan fingerprint density at radius 2 is 2.00 bits per heavy atom. The van der Waals surface area contributed by atoms with E-state index in [9.17, 15) is 22.8 Å². The largest absolute Gasteiger partial charge is 0.417 e. The summed E-state index contributed by atoms with van der Waals surface area (Å²) >= 11 is 11.7. The van der Waals surface area contributed by atoms with Gasteiger partial charge in [-0.15, -0.1) is 0 Å². The highest BCUT2D eigenvalue weighted by Gasteiger charge is 2.37. The molecule has 1 unspecified atom stereocenters. The van der Waals surface area contributed by atoms with Gasteiger partial charge in [0.15, 0.2) is 0 Å². The van der Waals surface area contributed by atoms with Gasteiger partial charge in [0.2, 0.25) is 5.91 Å². The van der Waals surface area contributed by atoms with Crippen LogP contribution >= 0.6 is 23.2 Å². The van der Waals surface area contributed by atoms with Crippen molar-refractivity contribution in [2.24, 2.45) is 0 Å². The summed E-state index contributed by atoms with van der Waals surface area (Å²) in [5, 5.41) is 9.58. The highest BCUT2D eigenvalue weighted by Crippen LogP contribution is 2.40. The molecule has 12 heteroatoms. The smallest absolute Gasteiger partial charge is 0.378 e. The Labute approximate surface area is 201 Å². The molecule has 1 atom stereocenters. The van der Waals surface area contributed by atoms with Crippen LogP contribution in [0.3, 0.4) is 0 Å². The van der Waals surface area contributed by atoms with E-state index in [0.29, 0.717) is 27.7 Å². The number of alkyl halides is 3. The van der Waals surface area contributed by atoms with Crippen molar-refractivity contribution >= 4 is 46.5 Å². The van der Waals surface area contributed by atoms with Crippen LogP contribution in [-0.4, -0.2) is 28.7 Å². The third kappa shape index (κ3) is 4.75. The maximum absolute atomic E-state index is 13.1. The van der Waals surface area contributed by atoms with E-state index in [1.807, 2.05) is 0 Å². The van der Waals surface area contributed by atoms with Crippen LogP contribution in [0.2, 0.25) is 10.0 Å². The molecule has 2 aromatic carbocycles. The second kappa shape index (κ2) is 9.28. The average Bonchev–Trinajstić information content (AvgIpc) is 3.24. The number of nitrogens with zero attached hydrogens (tertiary/aromatic N) is 2. The zero-order chi connectivity index (χ0) is 24.6. The number of benzene rings is 2. The molecule has 3 aromatic rings. The maximum atomic E-state index is 13.1. The molecule has 178 valence electrons. The minimum atomic E-state index is -4.68. The van der Waals surface area contributed by atoms with E-state index < -0.39 is 34.6 Å². The molecule has 0 spiro atoms. The van der Waals surface area contributed by atoms with Crippen LogP contribution < -0.4 is 10.6 Å². The predicted molar refractivity (Wildman–Crippen MR) is 121 cm³/mol. The van der Waals surface area contributed by atoms with E-state index in [0.717, 1.165) is 12.1 Å². The number of ether oxygens (including phenoxy) is 1. The molecular formula is C22H17Cl2F3N4O3. The normalized spacial score (nSPS) is 15.2. The minimum Gasteiger partial charge on any atom is -0.378 e. The van der Waals surface area contributed by atoms with Crippen molar-refractivity contribution in [1.82, 2.24) is 9.78 Å². The van der Waals surface area contributed by atoms with Gasteiger partial charge in [-0.1, -0.05) is 35.3 Å². The summed E-state index contributed by atoms with van der Waals surface area (Å²) in [4.78, 5) is 25.3. The fourth-order valence-electron chi connectivity index (χ4n) is 3.71. The van der Waals surface area contributed by atoms with E-state index in [-0.39, 0.29) is 18.7 Å². The van der Waals surface area contributed by atoms with E-state index in [4.69, 9.17) is 27.9 Å². The topological polar surface area (TPSA) is 85.2 Å². The molecule has 1 aromatic heterocycles. The molecule has 2 heterocycles. The monoisotopic (exact) mass is 512 g/mol. The van der Waals surface area contributed by atoms with Crippen LogP contribution in [0.15, 0.2) is 42.5 Å². The van der Waals surface area contributed by atoms with Gasteiger partial charge in [-0.05, 0) is 35.9 Å². The van der Waals surface area contributed by atoms with Gasteiger partial charge in [0.25, 0.3) is 5.91 Å². The molecule has 7 nitrogen and oxygen atoms in total. The Kier molecular flexibility index (Phi) is 6.57. The molecule has 0 radical (unpaired) electrons. The molecule has 0 fully saturated rings. The Morgan fingerprint density at radius 3 is 2.68 bits per heavy atom. The van der Waals surface area contributed by atoms with Crippen molar-refractivity contribution in [3.05, 3.63) is 63.8 Å². The Hall–Kier alpha value is -3.08. The second-order valence-corrected chi connectivity index (χ2v) is 8.35. The highest BCUT2D eigenvalue weighted by molar-refractivity contribution is 6.31. The van der Waals surface area contributed by atoms with Gasteiger partial charge in [0.05, 0.1) is 29.3 Å².